The summed E-state index contributed by atoms with van der Waals surface area (Å²) in [4.78, 5) is 35.5. The second kappa shape index (κ2) is 9.47. The lowest BCUT2D eigenvalue weighted by atomic mass is 10.1. The fourth-order valence-electron chi connectivity index (χ4n) is 2.69. The molecule has 0 bridgehead atoms. The molecule has 0 saturated heterocycles. The standard InChI is InChI=1S/C23H19FN2O4/c1-15(27)30-21-7-3-5-18(13-21)22(28)25-14-16-8-10-20(11-9-16)26-23(29)17-4-2-6-19(24)12-17/h2-13H,14H2,1H3,(H,25,28)(H,26,29). The van der Waals surface area contributed by atoms with Gasteiger partial charge in [-0.15, -0.1) is 0 Å². The average molecular weight is 406 g/mol. The summed E-state index contributed by atoms with van der Waals surface area (Å²) < 4.78 is 18.2. The molecule has 7 heteroatoms. The first-order chi connectivity index (χ1) is 14.4. The molecule has 0 aliphatic rings. The number of anilines is 1. The smallest absolute Gasteiger partial charge is 0.308 e. The molecule has 3 aromatic carbocycles. The Hall–Kier alpha value is -4.00. The Balaban J connectivity index is 1.56. The van der Waals surface area contributed by atoms with Crippen LogP contribution in [0.5, 0.6) is 5.75 Å². The van der Waals surface area contributed by atoms with Crippen LogP contribution in [-0.4, -0.2) is 17.8 Å². The van der Waals surface area contributed by atoms with Gasteiger partial charge in [-0.2, -0.15) is 0 Å². The van der Waals surface area contributed by atoms with Crippen molar-refractivity contribution in [3.63, 3.8) is 0 Å². The van der Waals surface area contributed by atoms with Crippen molar-refractivity contribution in [1.82, 2.24) is 5.32 Å². The zero-order chi connectivity index (χ0) is 21.5. The highest BCUT2D eigenvalue weighted by Crippen LogP contribution is 2.15. The number of rotatable bonds is 6. The van der Waals surface area contributed by atoms with E-state index >= 15 is 0 Å². The van der Waals surface area contributed by atoms with Gasteiger partial charge in [0.05, 0.1) is 0 Å². The fraction of sp³-hybridized carbons (Fsp3) is 0.0870. The Bertz CT molecular complexity index is 1080. The summed E-state index contributed by atoms with van der Waals surface area (Å²) in [5.74, 6) is -1.37. The summed E-state index contributed by atoms with van der Waals surface area (Å²) in [5, 5.41) is 5.47. The third kappa shape index (κ3) is 5.75. The van der Waals surface area contributed by atoms with Crippen LogP contribution in [0.3, 0.4) is 0 Å². The van der Waals surface area contributed by atoms with E-state index in [1.54, 1.807) is 42.5 Å². The normalized spacial score (nSPS) is 10.2. The van der Waals surface area contributed by atoms with E-state index in [9.17, 15) is 18.8 Å². The number of hydrogen-bond donors (Lipinski definition) is 2. The van der Waals surface area contributed by atoms with E-state index in [-0.39, 0.29) is 18.0 Å². The van der Waals surface area contributed by atoms with Crippen LogP contribution in [0.2, 0.25) is 0 Å². The van der Waals surface area contributed by atoms with Crippen LogP contribution in [-0.2, 0) is 11.3 Å². The van der Waals surface area contributed by atoms with Gasteiger partial charge in [0, 0.05) is 30.3 Å². The maximum atomic E-state index is 13.2. The van der Waals surface area contributed by atoms with Gasteiger partial charge < -0.3 is 15.4 Å². The van der Waals surface area contributed by atoms with Gasteiger partial charge in [-0.05, 0) is 54.1 Å². The first kappa shape index (κ1) is 20.7. The highest BCUT2D eigenvalue weighted by atomic mass is 19.1. The molecule has 0 heterocycles. The number of halogens is 1. The number of esters is 1. The lowest BCUT2D eigenvalue weighted by Crippen LogP contribution is -2.22. The van der Waals surface area contributed by atoms with E-state index in [2.05, 4.69) is 10.6 Å². The maximum absolute atomic E-state index is 13.2. The van der Waals surface area contributed by atoms with Gasteiger partial charge in [0.15, 0.2) is 0 Å². The molecule has 2 N–H and O–H groups in total. The van der Waals surface area contributed by atoms with Crippen molar-refractivity contribution in [2.45, 2.75) is 13.5 Å². The van der Waals surface area contributed by atoms with Crippen LogP contribution >= 0.6 is 0 Å². The second-order valence-electron chi connectivity index (χ2n) is 6.47. The number of carbonyl (C=O) groups excluding carboxylic acids is 3. The number of nitrogens with one attached hydrogen (secondary N) is 2. The van der Waals surface area contributed by atoms with Gasteiger partial charge in [-0.25, -0.2) is 4.39 Å². The molecule has 0 spiro atoms. The monoisotopic (exact) mass is 406 g/mol. The van der Waals surface area contributed by atoms with Crippen molar-refractivity contribution < 1.29 is 23.5 Å². The third-order valence-electron chi connectivity index (χ3n) is 4.11. The SMILES string of the molecule is CC(=O)Oc1cccc(C(=O)NCc2ccc(NC(=O)c3cccc(F)c3)cc2)c1. The molecule has 152 valence electrons. The van der Waals surface area contributed by atoms with Crippen LogP contribution in [0.4, 0.5) is 10.1 Å². The molecular formula is C23H19FN2O4. The van der Waals surface area contributed by atoms with Crippen molar-refractivity contribution in [3.05, 3.63) is 95.3 Å². The van der Waals surface area contributed by atoms with Crippen molar-refractivity contribution in [2.75, 3.05) is 5.32 Å². The van der Waals surface area contributed by atoms with Gasteiger partial charge in [0.1, 0.15) is 11.6 Å². The molecule has 0 radical (unpaired) electrons. The van der Waals surface area contributed by atoms with Crippen LogP contribution < -0.4 is 15.4 Å². The quantitative estimate of drug-likeness (QED) is 0.480. The predicted molar refractivity (Wildman–Crippen MR) is 110 cm³/mol. The Morgan fingerprint density at radius 3 is 2.20 bits per heavy atom. The average Bonchev–Trinajstić information content (AvgIpc) is 2.72. The number of ether oxygens (including phenoxy) is 1. The van der Waals surface area contributed by atoms with Gasteiger partial charge in [-0.1, -0.05) is 24.3 Å². The molecule has 0 unspecified atom stereocenters. The maximum Gasteiger partial charge on any atom is 0.308 e. The summed E-state index contributed by atoms with van der Waals surface area (Å²) >= 11 is 0. The van der Waals surface area contributed by atoms with Crippen molar-refractivity contribution >= 4 is 23.5 Å². The van der Waals surface area contributed by atoms with Crippen LogP contribution in [0.15, 0.2) is 72.8 Å². The molecule has 3 rings (SSSR count). The lowest BCUT2D eigenvalue weighted by molar-refractivity contribution is -0.131. The summed E-state index contributed by atoms with van der Waals surface area (Å²) in [7, 11) is 0. The Morgan fingerprint density at radius 1 is 0.867 bits per heavy atom. The molecule has 0 fully saturated rings. The number of carbonyl (C=O) groups is 3. The minimum absolute atomic E-state index is 0.224. The minimum Gasteiger partial charge on any atom is -0.427 e. The molecule has 0 aliphatic heterocycles. The first-order valence-electron chi connectivity index (χ1n) is 9.13. The van der Waals surface area contributed by atoms with E-state index < -0.39 is 17.7 Å². The summed E-state index contributed by atoms with van der Waals surface area (Å²) in [6, 6.07) is 18.7. The van der Waals surface area contributed by atoms with Gasteiger partial charge >= 0.3 is 5.97 Å². The van der Waals surface area contributed by atoms with Gasteiger partial charge in [0.2, 0.25) is 0 Å². The molecule has 6 nitrogen and oxygen atoms in total. The molecule has 30 heavy (non-hydrogen) atoms. The van der Waals surface area contributed by atoms with E-state index in [1.165, 1.54) is 31.2 Å². The van der Waals surface area contributed by atoms with Gasteiger partial charge in [0.25, 0.3) is 11.8 Å². The van der Waals surface area contributed by atoms with E-state index in [0.29, 0.717) is 17.0 Å². The molecule has 0 aliphatic carbocycles. The Labute approximate surface area is 172 Å². The first-order valence-corrected chi connectivity index (χ1v) is 9.13. The molecule has 0 aromatic heterocycles. The van der Waals surface area contributed by atoms with Crippen LogP contribution in [0.1, 0.15) is 33.2 Å². The highest BCUT2D eigenvalue weighted by molar-refractivity contribution is 6.04. The minimum atomic E-state index is -0.480. The Morgan fingerprint density at radius 2 is 1.53 bits per heavy atom. The summed E-state index contributed by atoms with van der Waals surface area (Å²) in [5.41, 5.74) is 1.96. The number of hydrogen-bond acceptors (Lipinski definition) is 4. The number of benzene rings is 3. The van der Waals surface area contributed by atoms with Gasteiger partial charge in [-0.3, -0.25) is 14.4 Å². The molecule has 3 aromatic rings. The summed E-state index contributed by atoms with van der Waals surface area (Å²) in [6.45, 7) is 1.56. The molecule has 0 atom stereocenters. The predicted octanol–water partition coefficient (Wildman–Crippen LogP) is 3.93. The van der Waals surface area contributed by atoms with E-state index in [1.807, 2.05) is 0 Å². The van der Waals surface area contributed by atoms with E-state index in [4.69, 9.17) is 4.74 Å². The van der Waals surface area contributed by atoms with Crippen molar-refractivity contribution in [3.8, 4) is 5.75 Å². The molecule has 2 amide bonds. The lowest BCUT2D eigenvalue weighted by Gasteiger charge is -2.09. The fourth-order valence-corrected chi connectivity index (χ4v) is 2.69. The van der Waals surface area contributed by atoms with Crippen molar-refractivity contribution in [2.24, 2.45) is 0 Å². The zero-order valence-electron chi connectivity index (χ0n) is 16.1. The highest BCUT2D eigenvalue weighted by Gasteiger charge is 2.09. The number of amides is 2. The second-order valence-corrected chi connectivity index (χ2v) is 6.47. The van der Waals surface area contributed by atoms with Crippen LogP contribution in [0.25, 0.3) is 0 Å². The topological polar surface area (TPSA) is 84.5 Å². The molecular weight excluding hydrogens is 387 g/mol. The largest absolute Gasteiger partial charge is 0.427 e. The van der Waals surface area contributed by atoms with Crippen molar-refractivity contribution in [1.29, 1.82) is 0 Å². The third-order valence-corrected chi connectivity index (χ3v) is 4.11. The zero-order valence-corrected chi connectivity index (χ0v) is 16.1. The van der Waals surface area contributed by atoms with E-state index in [0.717, 1.165) is 11.6 Å². The van der Waals surface area contributed by atoms with Crippen LogP contribution in [0, 0.1) is 5.82 Å². The Kier molecular flexibility index (Phi) is 6.54. The molecule has 0 saturated carbocycles. The summed E-state index contributed by atoms with van der Waals surface area (Å²) in [6.07, 6.45) is 0.